The van der Waals surface area contributed by atoms with E-state index in [1.165, 1.54) is 0 Å². The molecule has 0 spiro atoms. The summed E-state index contributed by atoms with van der Waals surface area (Å²) >= 11 is 12.4. The summed E-state index contributed by atoms with van der Waals surface area (Å²) in [5.41, 5.74) is 0.774. The molecule has 0 aliphatic rings. The molecule has 0 amide bonds. The minimum atomic E-state index is -0.754. The molecule has 0 aliphatic carbocycles. The fourth-order valence-corrected chi connectivity index (χ4v) is 2.64. The Labute approximate surface area is 171 Å². The van der Waals surface area contributed by atoms with Gasteiger partial charge in [0.15, 0.2) is 11.0 Å². The molecule has 1 aromatic heterocycles. The molecule has 6 nitrogen and oxygen atoms in total. The number of fused-ring (bicyclic) bond motifs is 1. The molecule has 0 N–H and O–H groups in total. The first-order valence-electron chi connectivity index (χ1n) is 8.91. The van der Waals surface area contributed by atoms with Gasteiger partial charge in [-0.2, -0.15) is 10.2 Å². The molecule has 0 fully saturated rings. The second-order valence-electron chi connectivity index (χ2n) is 8.55. The van der Waals surface area contributed by atoms with Gasteiger partial charge in [0.2, 0.25) is 17.7 Å². The van der Waals surface area contributed by atoms with Crippen LogP contribution in [-0.4, -0.2) is 14.6 Å². The Morgan fingerprint density at radius 1 is 0.778 bits per heavy atom. The number of nitrogens with zero attached hydrogens (tertiary/aromatic N) is 6. The van der Waals surface area contributed by atoms with Crippen LogP contribution in [0.25, 0.3) is 11.0 Å². The molecular formula is C19H29Cl2N6+. The molecule has 27 heavy (non-hydrogen) atoms. The van der Waals surface area contributed by atoms with Gasteiger partial charge in [-0.05, 0) is 39.8 Å². The summed E-state index contributed by atoms with van der Waals surface area (Å²) in [4.78, 5) is -1.51. The maximum atomic E-state index is 6.19. The van der Waals surface area contributed by atoms with Crippen molar-refractivity contribution in [2.45, 2.75) is 76.7 Å². The summed E-state index contributed by atoms with van der Waals surface area (Å²) in [5, 5.41) is 17.5. The number of para-hydroxylation sites is 2. The van der Waals surface area contributed by atoms with Crippen LogP contribution in [0.15, 0.2) is 51.0 Å². The third-order valence-corrected chi connectivity index (χ3v) is 4.03. The Morgan fingerprint density at radius 3 is 1.85 bits per heavy atom. The van der Waals surface area contributed by atoms with Crippen LogP contribution in [0, 0.1) is 0 Å². The summed E-state index contributed by atoms with van der Waals surface area (Å²) < 4.78 is 4.13. The number of benzene rings is 1. The Morgan fingerprint density at radius 2 is 1.30 bits per heavy atom. The van der Waals surface area contributed by atoms with Crippen molar-refractivity contribution in [3.63, 3.8) is 0 Å². The van der Waals surface area contributed by atoms with E-state index in [0.717, 1.165) is 11.0 Å². The number of rotatable bonds is 6. The van der Waals surface area contributed by atoms with E-state index in [0.29, 0.717) is 0 Å². The molecule has 0 aliphatic heterocycles. The first-order chi connectivity index (χ1) is 12.1. The molecule has 0 saturated heterocycles. The van der Waals surface area contributed by atoms with Gasteiger partial charge in [-0.3, -0.25) is 0 Å². The lowest BCUT2D eigenvalue weighted by Crippen LogP contribution is -2.50. The van der Waals surface area contributed by atoms with Crippen molar-refractivity contribution in [2.75, 3.05) is 0 Å². The van der Waals surface area contributed by atoms with Gasteiger partial charge >= 0.3 is 0 Å². The van der Waals surface area contributed by atoms with E-state index in [2.05, 4.69) is 29.6 Å². The van der Waals surface area contributed by atoms with Crippen LogP contribution in [-0.2, 0) is 11.3 Å². The SMILES string of the molecule is CC(C)(Cl)/N=N/C(C)(C)n1c[n+](C(C)(C)/N=N/C(C)(C)Cl)c2ccccc21. The Hall–Kier alpha value is -1.53. The first kappa shape index (κ1) is 21.8. The first-order valence-corrected chi connectivity index (χ1v) is 9.67. The molecule has 0 bridgehead atoms. The summed E-state index contributed by atoms with van der Waals surface area (Å²) in [6.07, 6.45) is 1.99. The lowest BCUT2D eigenvalue weighted by molar-refractivity contribution is -0.735. The second-order valence-corrected chi connectivity index (χ2v) is 10.4. The number of azo groups is 2. The quantitative estimate of drug-likeness (QED) is 0.236. The number of alkyl halides is 2. The highest BCUT2D eigenvalue weighted by molar-refractivity contribution is 6.23. The lowest BCUT2D eigenvalue weighted by atomic mass is 10.2. The largest absolute Gasteiger partial charge is 0.248 e. The van der Waals surface area contributed by atoms with Crippen LogP contribution in [0.2, 0.25) is 0 Å². The molecule has 1 heterocycles. The van der Waals surface area contributed by atoms with Crippen LogP contribution in [0.4, 0.5) is 0 Å². The highest BCUT2D eigenvalue weighted by Gasteiger charge is 2.36. The zero-order chi connectivity index (χ0) is 20.7. The molecular weight excluding hydrogens is 383 g/mol. The zero-order valence-electron chi connectivity index (χ0n) is 17.3. The van der Waals surface area contributed by atoms with Crippen molar-refractivity contribution in [2.24, 2.45) is 20.5 Å². The minimum absolute atomic E-state index is 0.629. The fourth-order valence-electron chi connectivity index (χ4n) is 2.56. The Bertz CT molecular complexity index is 796. The molecule has 8 heteroatoms. The van der Waals surface area contributed by atoms with Gasteiger partial charge in [0, 0.05) is 27.7 Å². The Kier molecular flexibility index (Phi) is 5.75. The normalized spacial score (nSPS) is 14.7. The topological polar surface area (TPSA) is 58.2 Å². The lowest BCUT2D eigenvalue weighted by Gasteiger charge is -2.19. The average Bonchev–Trinajstić information content (AvgIpc) is 2.91. The molecule has 2 aromatic rings. The zero-order valence-corrected chi connectivity index (χ0v) is 18.8. The van der Waals surface area contributed by atoms with Gasteiger partial charge in [-0.25, -0.2) is 9.13 Å². The van der Waals surface area contributed by atoms with Gasteiger partial charge in [0.05, 0.1) is 0 Å². The van der Waals surface area contributed by atoms with E-state index >= 15 is 0 Å². The number of hydrogen-bond acceptors (Lipinski definition) is 4. The van der Waals surface area contributed by atoms with E-state index in [1.807, 2.05) is 58.3 Å². The Balaban J connectivity index is 2.62. The summed E-state index contributed by atoms with van der Waals surface area (Å²) in [6.45, 7) is 15.2. The highest BCUT2D eigenvalue weighted by Crippen LogP contribution is 2.28. The maximum Gasteiger partial charge on any atom is 0.248 e. The standard InChI is InChI=1S/C19H29Cl2N6/c1-16(2,20)22-24-18(5,6)26-13-27(15-12-10-9-11-14(15)26)19(7,8)25-23-17(3,4)21/h9-13H,1-8H3/q+1/b24-22+,25-23+. The third-order valence-electron chi connectivity index (χ3n) is 3.88. The van der Waals surface area contributed by atoms with Crippen LogP contribution >= 0.6 is 23.2 Å². The van der Waals surface area contributed by atoms with Gasteiger partial charge in [-0.1, -0.05) is 35.3 Å². The highest BCUT2D eigenvalue weighted by atomic mass is 35.5. The average molecular weight is 412 g/mol. The molecule has 1 aromatic carbocycles. The van der Waals surface area contributed by atoms with Gasteiger partial charge in [-0.15, -0.1) is 10.2 Å². The third kappa shape index (κ3) is 5.48. The number of halogens is 2. The number of imidazole rings is 1. The van der Waals surface area contributed by atoms with Crippen molar-refractivity contribution in [3.05, 3.63) is 30.6 Å². The maximum absolute atomic E-state index is 6.19. The van der Waals surface area contributed by atoms with Crippen molar-refractivity contribution < 1.29 is 4.57 Å². The summed E-state index contributed by atoms with van der Waals surface area (Å²) in [7, 11) is 0. The summed E-state index contributed by atoms with van der Waals surface area (Å²) in [6, 6.07) is 8.10. The van der Waals surface area contributed by atoms with Crippen LogP contribution in [0.1, 0.15) is 55.4 Å². The predicted octanol–water partition coefficient (Wildman–Crippen LogP) is 6.17. The number of aromatic nitrogens is 2. The van der Waals surface area contributed by atoms with E-state index in [1.54, 1.807) is 27.7 Å². The van der Waals surface area contributed by atoms with Crippen molar-refractivity contribution in [1.29, 1.82) is 0 Å². The van der Waals surface area contributed by atoms with E-state index in [4.69, 9.17) is 23.2 Å². The molecule has 0 radical (unpaired) electrons. The van der Waals surface area contributed by atoms with E-state index in [-0.39, 0.29) is 0 Å². The summed E-state index contributed by atoms with van der Waals surface area (Å²) in [5.74, 6) is 0. The van der Waals surface area contributed by atoms with Gasteiger partial charge in [0.1, 0.15) is 10.00 Å². The number of hydrogen-bond donors (Lipinski definition) is 0. The predicted molar refractivity (Wildman–Crippen MR) is 110 cm³/mol. The van der Waals surface area contributed by atoms with E-state index < -0.39 is 21.3 Å². The van der Waals surface area contributed by atoms with Gasteiger partial charge in [0.25, 0.3) is 0 Å². The fraction of sp³-hybridized carbons (Fsp3) is 0.632. The molecule has 0 unspecified atom stereocenters. The smallest absolute Gasteiger partial charge is 0.203 e. The van der Waals surface area contributed by atoms with Crippen molar-refractivity contribution in [3.8, 4) is 0 Å². The monoisotopic (exact) mass is 411 g/mol. The minimum Gasteiger partial charge on any atom is -0.203 e. The van der Waals surface area contributed by atoms with Gasteiger partial charge < -0.3 is 0 Å². The second kappa shape index (κ2) is 7.13. The van der Waals surface area contributed by atoms with Crippen molar-refractivity contribution in [1.82, 2.24) is 4.57 Å². The molecule has 0 saturated carbocycles. The van der Waals surface area contributed by atoms with E-state index in [9.17, 15) is 0 Å². The van der Waals surface area contributed by atoms with Crippen LogP contribution in [0.3, 0.4) is 0 Å². The van der Waals surface area contributed by atoms with Crippen molar-refractivity contribution >= 4 is 34.2 Å². The van der Waals surface area contributed by atoms with Crippen LogP contribution in [0.5, 0.6) is 0 Å². The molecule has 0 atom stereocenters. The molecule has 2 rings (SSSR count). The molecule has 148 valence electrons. The van der Waals surface area contributed by atoms with Crippen LogP contribution < -0.4 is 4.57 Å².